The van der Waals surface area contributed by atoms with E-state index in [0.29, 0.717) is 23.5 Å². The molecule has 0 unspecified atom stereocenters. The minimum atomic E-state index is -3.45. The monoisotopic (exact) mass is 414 g/mol. The van der Waals surface area contributed by atoms with Crippen LogP contribution >= 0.6 is 11.3 Å². The molecule has 2 heterocycles. The summed E-state index contributed by atoms with van der Waals surface area (Å²) in [6.07, 6.45) is 4.03. The molecule has 146 valence electrons. The second kappa shape index (κ2) is 8.03. The van der Waals surface area contributed by atoms with Gasteiger partial charge in [0.25, 0.3) is 0 Å². The van der Waals surface area contributed by atoms with Crippen molar-refractivity contribution in [1.82, 2.24) is 9.29 Å². The smallest absolute Gasteiger partial charge is 0.243 e. The number of nitrogens with zero attached hydrogens (tertiary/aromatic N) is 2. The van der Waals surface area contributed by atoms with Gasteiger partial charge < -0.3 is 5.11 Å². The Labute approximate surface area is 169 Å². The van der Waals surface area contributed by atoms with Gasteiger partial charge in [-0.25, -0.2) is 13.4 Å². The van der Waals surface area contributed by atoms with Crippen LogP contribution in [0.25, 0.3) is 21.8 Å². The maximum absolute atomic E-state index is 12.9. The Morgan fingerprint density at radius 3 is 2.29 bits per heavy atom. The highest BCUT2D eigenvalue weighted by atomic mass is 32.2. The zero-order valence-electron chi connectivity index (χ0n) is 15.4. The number of aromatic nitrogens is 1. The van der Waals surface area contributed by atoms with Gasteiger partial charge in [0.2, 0.25) is 10.0 Å². The maximum atomic E-state index is 12.9. The van der Waals surface area contributed by atoms with Gasteiger partial charge in [0.15, 0.2) is 0 Å². The van der Waals surface area contributed by atoms with Gasteiger partial charge in [-0.3, -0.25) is 0 Å². The molecule has 3 aromatic rings. The Hall–Kier alpha value is -2.22. The molecule has 0 atom stereocenters. The molecule has 1 saturated heterocycles. The van der Waals surface area contributed by atoms with Gasteiger partial charge in [-0.15, -0.1) is 11.3 Å². The van der Waals surface area contributed by atoms with E-state index in [9.17, 15) is 13.5 Å². The lowest BCUT2D eigenvalue weighted by Crippen LogP contribution is -2.31. The van der Waals surface area contributed by atoms with E-state index >= 15 is 0 Å². The van der Waals surface area contributed by atoms with Gasteiger partial charge in [0.1, 0.15) is 10.8 Å². The number of phenols is 1. The highest BCUT2D eigenvalue weighted by Crippen LogP contribution is 2.34. The molecule has 28 heavy (non-hydrogen) atoms. The number of sulfonamides is 1. The largest absolute Gasteiger partial charge is 0.507 e. The number of para-hydroxylation sites is 1. The highest BCUT2D eigenvalue weighted by Gasteiger charge is 2.25. The average Bonchev–Trinajstić information content (AvgIpc) is 3.02. The van der Waals surface area contributed by atoms with Gasteiger partial charge in [0.05, 0.1) is 16.2 Å². The van der Waals surface area contributed by atoms with Gasteiger partial charge in [-0.05, 0) is 37.1 Å². The molecule has 5 nitrogen and oxygen atoms in total. The quantitative estimate of drug-likeness (QED) is 0.669. The van der Waals surface area contributed by atoms with Crippen molar-refractivity contribution in [2.24, 2.45) is 0 Å². The van der Waals surface area contributed by atoms with Crippen LogP contribution in [0.4, 0.5) is 0 Å². The topological polar surface area (TPSA) is 70.5 Å². The van der Waals surface area contributed by atoms with Crippen molar-refractivity contribution in [3.05, 3.63) is 53.9 Å². The van der Waals surface area contributed by atoms with E-state index in [1.165, 1.54) is 11.3 Å². The highest BCUT2D eigenvalue weighted by molar-refractivity contribution is 7.89. The molecule has 0 saturated carbocycles. The molecule has 7 heteroatoms. The summed E-state index contributed by atoms with van der Waals surface area (Å²) in [4.78, 5) is 4.93. The molecule has 2 aromatic carbocycles. The zero-order chi connectivity index (χ0) is 19.6. The van der Waals surface area contributed by atoms with Crippen molar-refractivity contribution in [3.8, 4) is 27.6 Å². The van der Waals surface area contributed by atoms with E-state index in [2.05, 4.69) is 4.98 Å². The van der Waals surface area contributed by atoms with Crippen LogP contribution < -0.4 is 0 Å². The Kier molecular flexibility index (Phi) is 5.48. The minimum absolute atomic E-state index is 0.197. The molecule has 0 amide bonds. The number of hydrogen-bond acceptors (Lipinski definition) is 5. The van der Waals surface area contributed by atoms with Gasteiger partial charge >= 0.3 is 0 Å². The zero-order valence-corrected chi connectivity index (χ0v) is 17.0. The number of rotatable bonds is 4. The van der Waals surface area contributed by atoms with E-state index in [4.69, 9.17) is 0 Å². The lowest BCUT2D eigenvalue weighted by atomic mass is 10.2. The fourth-order valence-corrected chi connectivity index (χ4v) is 5.79. The van der Waals surface area contributed by atoms with E-state index in [-0.39, 0.29) is 5.75 Å². The summed E-state index contributed by atoms with van der Waals surface area (Å²) in [5.74, 6) is 0.197. The summed E-state index contributed by atoms with van der Waals surface area (Å²) in [7, 11) is -3.45. The lowest BCUT2D eigenvalue weighted by molar-refractivity contribution is 0.424. The number of phenolic OH excluding ortho intramolecular Hbond substituents is 1. The van der Waals surface area contributed by atoms with Crippen molar-refractivity contribution in [2.75, 3.05) is 13.1 Å². The van der Waals surface area contributed by atoms with Crippen molar-refractivity contribution in [1.29, 1.82) is 0 Å². The molecule has 1 aromatic heterocycles. The molecule has 0 bridgehead atoms. The van der Waals surface area contributed by atoms with Crippen LogP contribution in [0.15, 0.2) is 58.8 Å². The molecule has 0 aliphatic carbocycles. The average molecular weight is 415 g/mol. The van der Waals surface area contributed by atoms with Gasteiger partial charge in [0, 0.05) is 24.0 Å². The fourth-order valence-electron chi connectivity index (χ4n) is 3.41. The lowest BCUT2D eigenvalue weighted by Gasteiger charge is -2.19. The number of thiazole rings is 1. The predicted octanol–water partition coefficient (Wildman–Crippen LogP) is 4.75. The summed E-state index contributed by atoms with van der Waals surface area (Å²) in [6.45, 7) is 1.19. The summed E-state index contributed by atoms with van der Waals surface area (Å²) in [6, 6.07) is 14.0. The maximum Gasteiger partial charge on any atom is 0.243 e. The van der Waals surface area contributed by atoms with Crippen LogP contribution in [-0.2, 0) is 10.0 Å². The molecule has 0 spiro atoms. The van der Waals surface area contributed by atoms with Crippen molar-refractivity contribution >= 4 is 21.4 Å². The SMILES string of the molecule is O=S(=O)(c1ccc(-c2csc(-c3ccccc3O)n2)cc1)N1CCCCCC1. The molecule has 1 aliphatic rings. The summed E-state index contributed by atoms with van der Waals surface area (Å²) in [5.41, 5.74) is 2.31. The first-order chi connectivity index (χ1) is 13.6. The molecule has 4 rings (SSSR count). The van der Waals surface area contributed by atoms with Crippen LogP contribution in [0.1, 0.15) is 25.7 Å². The van der Waals surface area contributed by atoms with Crippen molar-refractivity contribution in [2.45, 2.75) is 30.6 Å². The van der Waals surface area contributed by atoms with Crippen LogP contribution in [-0.4, -0.2) is 35.9 Å². The first-order valence-corrected chi connectivity index (χ1v) is 11.7. The van der Waals surface area contributed by atoms with Gasteiger partial charge in [-0.1, -0.05) is 37.1 Å². The van der Waals surface area contributed by atoms with E-state index in [0.717, 1.165) is 41.9 Å². The van der Waals surface area contributed by atoms with E-state index < -0.39 is 10.0 Å². The van der Waals surface area contributed by atoms with Gasteiger partial charge in [-0.2, -0.15) is 4.31 Å². The second-order valence-corrected chi connectivity index (χ2v) is 9.69. The molecule has 1 N–H and O–H groups in total. The van der Waals surface area contributed by atoms with Crippen LogP contribution in [0.5, 0.6) is 5.75 Å². The summed E-state index contributed by atoms with van der Waals surface area (Å²) in [5, 5.41) is 12.7. The Bertz CT molecular complexity index is 1050. The van der Waals surface area contributed by atoms with Crippen LogP contribution in [0.3, 0.4) is 0 Å². The van der Waals surface area contributed by atoms with E-state index in [1.807, 2.05) is 17.5 Å². The molecule has 0 radical (unpaired) electrons. The standard InChI is InChI=1S/C21H22N2O3S2/c24-20-8-4-3-7-18(20)21-22-19(15-27-21)16-9-11-17(12-10-16)28(25,26)23-13-5-1-2-6-14-23/h3-4,7-12,15,24H,1-2,5-6,13-14H2. The number of aromatic hydroxyl groups is 1. The van der Waals surface area contributed by atoms with Crippen LogP contribution in [0.2, 0.25) is 0 Å². The Morgan fingerprint density at radius 2 is 1.61 bits per heavy atom. The Morgan fingerprint density at radius 1 is 0.929 bits per heavy atom. The van der Waals surface area contributed by atoms with E-state index in [1.54, 1.807) is 40.7 Å². The molecule has 1 fully saturated rings. The fraction of sp³-hybridized carbons (Fsp3) is 0.286. The third kappa shape index (κ3) is 3.83. The number of benzene rings is 2. The first-order valence-electron chi connectivity index (χ1n) is 9.40. The van der Waals surface area contributed by atoms with Crippen molar-refractivity contribution < 1.29 is 13.5 Å². The Balaban J connectivity index is 1.58. The van der Waals surface area contributed by atoms with Crippen molar-refractivity contribution in [3.63, 3.8) is 0 Å². The molecular formula is C21H22N2O3S2. The minimum Gasteiger partial charge on any atom is -0.507 e. The predicted molar refractivity (Wildman–Crippen MR) is 112 cm³/mol. The number of hydrogen-bond donors (Lipinski definition) is 1. The molecular weight excluding hydrogens is 392 g/mol. The summed E-state index contributed by atoms with van der Waals surface area (Å²) >= 11 is 1.45. The molecule has 1 aliphatic heterocycles. The third-order valence-electron chi connectivity index (χ3n) is 4.99. The first kappa shape index (κ1) is 19.1. The second-order valence-electron chi connectivity index (χ2n) is 6.90. The van der Waals surface area contributed by atoms with Crippen LogP contribution in [0, 0.1) is 0 Å². The summed E-state index contributed by atoms with van der Waals surface area (Å²) < 4.78 is 27.4. The third-order valence-corrected chi connectivity index (χ3v) is 7.78. The normalized spacial score (nSPS) is 16.0.